The van der Waals surface area contributed by atoms with Crippen molar-refractivity contribution in [3.05, 3.63) is 59.2 Å². The van der Waals surface area contributed by atoms with Gasteiger partial charge in [-0.2, -0.15) is 0 Å². The summed E-state index contributed by atoms with van der Waals surface area (Å²) in [6.45, 7) is 0.711. The summed E-state index contributed by atoms with van der Waals surface area (Å²) in [6, 6.07) is 11.7. The van der Waals surface area contributed by atoms with Crippen molar-refractivity contribution in [2.75, 3.05) is 18.1 Å². The number of rotatable bonds is 10. The average Bonchev–Trinajstić information content (AvgIpc) is 3.12. The first kappa shape index (κ1) is 23.4. The van der Waals surface area contributed by atoms with Gasteiger partial charge in [0.2, 0.25) is 0 Å². The summed E-state index contributed by atoms with van der Waals surface area (Å²) in [6.07, 6.45) is -1.68. The minimum absolute atomic E-state index is 0.0492. The number of guanidine groups is 1. The van der Waals surface area contributed by atoms with Crippen LogP contribution in [0.2, 0.25) is 0 Å². The zero-order valence-corrected chi connectivity index (χ0v) is 17.6. The fraction of sp³-hybridized carbons (Fsp3) is 0.273. The lowest BCUT2D eigenvalue weighted by molar-refractivity contribution is -0.137. The van der Waals surface area contributed by atoms with Gasteiger partial charge >= 0.3 is 18.0 Å². The Bertz CT molecular complexity index is 1060. The van der Waals surface area contributed by atoms with Crippen molar-refractivity contribution < 1.29 is 34.1 Å². The molecule has 0 bridgehead atoms. The zero-order valence-electron chi connectivity index (χ0n) is 17.6. The number of carbonyl (C=O) groups is 3. The molecule has 0 radical (unpaired) electrons. The predicted octanol–water partition coefficient (Wildman–Crippen LogP) is 1.33. The van der Waals surface area contributed by atoms with E-state index in [1.54, 1.807) is 18.2 Å². The van der Waals surface area contributed by atoms with Gasteiger partial charge in [0, 0.05) is 12.2 Å². The first-order chi connectivity index (χ1) is 15.7. The van der Waals surface area contributed by atoms with Crippen molar-refractivity contribution in [1.82, 2.24) is 5.32 Å². The lowest BCUT2D eigenvalue weighted by Gasteiger charge is -2.14. The van der Waals surface area contributed by atoms with E-state index in [9.17, 15) is 14.4 Å². The third-order valence-corrected chi connectivity index (χ3v) is 4.90. The minimum atomic E-state index is -1.08. The van der Waals surface area contributed by atoms with Gasteiger partial charge in [-0.05, 0) is 41.0 Å². The number of anilines is 1. The van der Waals surface area contributed by atoms with Crippen LogP contribution in [0.25, 0.3) is 0 Å². The van der Waals surface area contributed by atoms with E-state index in [4.69, 9.17) is 30.8 Å². The molecule has 0 saturated carbocycles. The van der Waals surface area contributed by atoms with E-state index in [0.717, 1.165) is 5.56 Å². The van der Waals surface area contributed by atoms with E-state index in [1.807, 2.05) is 12.1 Å². The number of ether oxygens (including phenoxy) is 2. The van der Waals surface area contributed by atoms with Crippen LogP contribution in [-0.2, 0) is 33.7 Å². The maximum absolute atomic E-state index is 12.3. The lowest BCUT2D eigenvalue weighted by atomic mass is 10.0. The Morgan fingerprint density at radius 2 is 1.79 bits per heavy atom. The molecule has 174 valence electrons. The number of hydrogen-bond donors (Lipinski definition) is 5. The summed E-state index contributed by atoms with van der Waals surface area (Å²) in [7, 11) is 0. The third kappa shape index (κ3) is 6.60. The van der Waals surface area contributed by atoms with Gasteiger partial charge in [0.25, 0.3) is 0 Å². The number of benzene rings is 2. The Kier molecular flexibility index (Phi) is 7.34. The molecule has 0 aromatic heterocycles. The number of aliphatic carboxylic acids is 2. The van der Waals surface area contributed by atoms with Crippen LogP contribution in [0.1, 0.15) is 16.7 Å². The second-order valence-corrected chi connectivity index (χ2v) is 7.43. The second kappa shape index (κ2) is 10.4. The maximum atomic E-state index is 12.3. The fourth-order valence-corrected chi connectivity index (χ4v) is 3.35. The number of cyclic esters (lactones) is 1. The number of nitrogens with zero attached hydrogens (tertiary/aromatic N) is 1. The molecule has 2 aromatic rings. The monoisotopic (exact) mass is 456 g/mol. The van der Waals surface area contributed by atoms with Crippen molar-refractivity contribution in [3.8, 4) is 5.75 Å². The van der Waals surface area contributed by atoms with E-state index in [-0.39, 0.29) is 32.0 Å². The molecular weight excluding hydrogens is 432 g/mol. The van der Waals surface area contributed by atoms with Gasteiger partial charge in [0.1, 0.15) is 12.4 Å². The number of carboxylic acids is 2. The number of carbonyl (C=O) groups excluding carboxylic acids is 1. The Morgan fingerprint density at radius 1 is 1.12 bits per heavy atom. The highest BCUT2D eigenvalue weighted by Crippen LogP contribution is 2.24. The second-order valence-electron chi connectivity index (χ2n) is 7.43. The number of nitrogens with one attached hydrogen (secondary N) is 2. The van der Waals surface area contributed by atoms with Crippen LogP contribution >= 0.6 is 0 Å². The summed E-state index contributed by atoms with van der Waals surface area (Å²) < 4.78 is 11.1. The van der Waals surface area contributed by atoms with E-state index < -0.39 is 24.1 Å². The third-order valence-electron chi connectivity index (χ3n) is 4.90. The highest BCUT2D eigenvalue weighted by molar-refractivity contribution is 5.89. The molecule has 6 N–H and O–H groups in total. The maximum Gasteiger partial charge on any atom is 0.414 e. The van der Waals surface area contributed by atoms with Crippen molar-refractivity contribution in [2.24, 2.45) is 5.73 Å². The van der Waals surface area contributed by atoms with E-state index in [0.29, 0.717) is 29.1 Å². The molecule has 2 aromatic carbocycles. The highest BCUT2D eigenvalue weighted by Gasteiger charge is 2.32. The summed E-state index contributed by atoms with van der Waals surface area (Å²) >= 11 is 0. The molecule has 1 fully saturated rings. The molecule has 1 saturated heterocycles. The van der Waals surface area contributed by atoms with E-state index in [1.165, 1.54) is 17.0 Å². The van der Waals surface area contributed by atoms with Crippen molar-refractivity contribution in [3.63, 3.8) is 0 Å². The molecule has 1 aliphatic heterocycles. The molecule has 1 aliphatic rings. The van der Waals surface area contributed by atoms with Crippen molar-refractivity contribution in [1.29, 1.82) is 5.41 Å². The smallest absolute Gasteiger partial charge is 0.414 e. The fourth-order valence-electron chi connectivity index (χ4n) is 3.35. The molecule has 33 heavy (non-hydrogen) atoms. The number of nitrogens with two attached hydrogens (primary N) is 1. The first-order valence-corrected chi connectivity index (χ1v) is 10.0. The summed E-state index contributed by atoms with van der Waals surface area (Å²) in [5, 5.41) is 28.0. The van der Waals surface area contributed by atoms with E-state index in [2.05, 4.69) is 5.32 Å². The molecule has 1 atom stereocenters. The Hall–Kier alpha value is -4.28. The van der Waals surface area contributed by atoms with Crippen LogP contribution in [0.3, 0.4) is 0 Å². The van der Waals surface area contributed by atoms with Crippen LogP contribution in [0, 0.1) is 5.41 Å². The van der Waals surface area contributed by atoms with Crippen LogP contribution in [0.15, 0.2) is 42.5 Å². The van der Waals surface area contributed by atoms with Gasteiger partial charge in [0.05, 0.1) is 19.4 Å². The largest absolute Gasteiger partial charge is 0.490 e. The lowest BCUT2D eigenvalue weighted by Crippen LogP contribution is -2.29. The van der Waals surface area contributed by atoms with Crippen LogP contribution in [0.4, 0.5) is 10.5 Å². The van der Waals surface area contributed by atoms with Crippen molar-refractivity contribution >= 4 is 29.7 Å². The zero-order chi connectivity index (χ0) is 24.0. The average molecular weight is 456 g/mol. The summed E-state index contributed by atoms with van der Waals surface area (Å²) in [5.74, 6) is -1.91. The van der Waals surface area contributed by atoms with Crippen LogP contribution in [0.5, 0.6) is 5.75 Å². The van der Waals surface area contributed by atoms with E-state index >= 15 is 0 Å². The Labute approximate surface area is 189 Å². The molecular formula is C22H24N4O7. The summed E-state index contributed by atoms with van der Waals surface area (Å²) in [5.41, 5.74) is 7.57. The van der Waals surface area contributed by atoms with Gasteiger partial charge in [0.15, 0.2) is 12.1 Å². The van der Waals surface area contributed by atoms with Gasteiger partial charge in [-0.15, -0.1) is 0 Å². The van der Waals surface area contributed by atoms with Gasteiger partial charge in [-0.1, -0.05) is 18.2 Å². The highest BCUT2D eigenvalue weighted by atomic mass is 16.6. The molecule has 0 spiro atoms. The first-order valence-electron chi connectivity index (χ1n) is 10.0. The Balaban J connectivity index is 1.60. The molecule has 3 rings (SSSR count). The predicted molar refractivity (Wildman–Crippen MR) is 117 cm³/mol. The number of amides is 1. The molecule has 1 heterocycles. The minimum Gasteiger partial charge on any atom is -0.490 e. The molecule has 1 amide bonds. The Morgan fingerprint density at radius 3 is 2.42 bits per heavy atom. The van der Waals surface area contributed by atoms with Gasteiger partial charge < -0.3 is 30.7 Å². The molecule has 11 nitrogen and oxygen atoms in total. The van der Waals surface area contributed by atoms with Gasteiger partial charge in [-0.25, -0.2) is 4.79 Å². The SMILES string of the molecule is N=C(N)NCc1ccc(N2CC(COc3ccc(CC(=O)O)c(CC(=O)O)c3)OC2=O)cc1. The quantitative estimate of drug-likeness (QED) is 0.261. The normalized spacial score (nSPS) is 15.1. The van der Waals surface area contributed by atoms with Gasteiger partial charge in [-0.3, -0.25) is 19.9 Å². The topological polar surface area (TPSA) is 175 Å². The molecule has 11 heteroatoms. The number of hydrogen-bond acceptors (Lipinski definition) is 6. The standard InChI is InChI=1S/C22H24N4O7/c23-21(24)25-10-13-1-4-16(5-2-13)26-11-18(33-22(26)31)12-32-17-6-3-14(8-19(27)28)15(7-17)9-20(29)30/h1-7,18H,8-12H2,(H,27,28)(H,29,30)(H4,23,24,25). The van der Waals surface area contributed by atoms with Crippen molar-refractivity contribution in [2.45, 2.75) is 25.5 Å². The number of carboxylic acid groups (broad SMARTS) is 2. The molecule has 1 unspecified atom stereocenters. The van der Waals surface area contributed by atoms with Crippen LogP contribution < -0.4 is 20.7 Å². The molecule has 0 aliphatic carbocycles. The summed E-state index contributed by atoms with van der Waals surface area (Å²) in [4.78, 5) is 35.9. The van der Waals surface area contributed by atoms with Crippen LogP contribution in [-0.4, -0.2) is 53.5 Å².